The third kappa shape index (κ3) is 4.39. The minimum absolute atomic E-state index is 0.0650. The van der Waals surface area contributed by atoms with Gasteiger partial charge >= 0.3 is 0 Å². The highest BCUT2D eigenvalue weighted by Crippen LogP contribution is 2.31. The predicted octanol–water partition coefficient (Wildman–Crippen LogP) is 2.62. The number of hydrogen-bond donors (Lipinski definition) is 3. The van der Waals surface area contributed by atoms with Crippen molar-refractivity contribution in [3.8, 4) is 0 Å². The number of anilines is 2. The highest BCUT2D eigenvalue weighted by Gasteiger charge is 2.17. The van der Waals surface area contributed by atoms with Gasteiger partial charge in [0.1, 0.15) is 0 Å². The van der Waals surface area contributed by atoms with Gasteiger partial charge in [-0.25, -0.2) is 0 Å². The number of nitrogens with one attached hydrogen (secondary N) is 3. The zero-order chi connectivity index (χ0) is 17.8. The van der Waals surface area contributed by atoms with Crippen molar-refractivity contribution in [2.45, 2.75) is 18.4 Å². The molecule has 3 rings (SSSR count). The molecule has 0 fully saturated rings. The van der Waals surface area contributed by atoms with E-state index in [0.717, 1.165) is 10.5 Å². The summed E-state index contributed by atoms with van der Waals surface area (Å²) in [6.45, 7) is 1.78. The number of benzene rings is 2. The molecule has 0 radical (unpaired) electrons. The molecule has 3 amide bonds. The van der Waals surface area contributed by atoms with E-state index in [1.807, 2.05) is 24.3 Å². The summed E-state index contributed by atoms with van der Waals surface area (Å²) in [6, 6.07) is 12.6. The zero-order valence-corrected chi connectivity index (χ0v) is 14.4. The Morgan fingerprint density at radius 3 is 2.84 bits per heavy atom. The van der Waals surface area contributed by atoms with Gasteiger partial charge in [-0.05, 0) is 35.9 Å². The lowest BCUT2D eigenvalue weighted by molar-refractivity contribution is -0.114. The van der Waals surface area contributed by atoms with E-state index in [4.69, 9.17) is 0 Å². The van der Waals surface area contributed by atoms with Crippen molar-refractivity contribution in [3.05, 3.63) is 53.6 Å². The summed E-state index contributed by atoms with van der Waals surface area (Å²) in [5.41, 5.74) is 2.72. The number of rotatable bonds is 4. The predicted molar refractivity (Wildman–Crippen MR) is 97.7 cm³/mol. The topological polar surface area (TPSA) is 87.3 Å². The Balaban J connectivity index is 1.66. The van der Waals surface area contributed by atoms with Crippen molar-refractivity contribution >= 4 is 40.9 Å². The van der Waals surface area contributed by atoms with Gasteiger partial charge in [0.15, 0.2) is 0 Å². The molecule has 0 saturated carbocycles. The maximum atomic E-state index is 12.3. The van der Waals surface area contributed by atoms with E-state index in [1.54, 1.807) is 18.2 Å². The Morgan fingerprint density at radius 1 is 1.20 bits per heavy atom. The molecule has 0 unspecified atom stereocenters. The van der Waals surface area contributed by atoms with Gasteiger partial charge in [0.05, 0.1) is 11.4 Å². The monoisotopic (exact) mass is 355 g/mol. The summed E-state index contributed by atoms with van der Waals surface area (Å²) in [7, 11) is 0. The lowest BCUT2D eigenvalue weighted by atomic mass is 10.1. The standard InChI is InChI=1S/C18H17N3O3S/c1-11(22)20-14-4-2-3-12(7-14)9-19-18(24)13-5-6-16-15(8-13)21-17(23)10-25-16/h2-8H,9-10H2,1H3,(H,19,24)(H,20,22)(H,21,23). The smallest absolute Gasteiger partial charge is 0.251 e. The largest absolute Gasteiger partial charge is 0.348 e. The van der Waals surface area contributed by atoms with Crippen molar-refractivity contribution in [2.24, 2.45) is 0 Å². The maximum absolute atomic E-state index is 12.3. The number of carbonyl (C=O) groups excluding carboxylic acids is 3. The molecule has 0 atom stereocenters. The Labute approximate surface area is 149 Å². The van der Waals surface area contributed by atoms with Crippen LogP contribution in [0.5, 0.6) is 0 Å². The van der Waals surface area contributed by atoms with Crippen LogP contribution in [0.15, 0.2) is 47.4 Å². The molecule has 25 heavy (non-hydrogen) atoms. The highest BCUT2D eigenvalue weighted by atomic mass is 32.2. The summed E-state index contributed by atoms with van der Waals surface area (Å²) in [5, 5.41) is 8.33. The average Bonchev–Trinajstić information content (AvgIpc) is 2.58. The molecule has 2 aromatic rings. The van der Waals surface area contributed by atoms with E-state index >= 15 is 0 Å². The molecule has 0 aromatic heterocycles. The Hall–Kier alpha value is -2.80. The third-order valence-corrected chi connectivity index (χ3v) is 4.65. The number of hydrogen-bond acceptors (Lipinski definition) is 4. The molecular weight excluding hydrogens is 338 g/mol. The van der Waals surface area contributed by atoms with Gasteiger partial charge in [0.25, 0.3) is 5.91 Å². The molecule has 0 bridgehead atoms. The van der Waals surface area contributed by atoms with Crippen LogP contribution in [0.2, 0.25) is 0 Å². The second-order valence-electron chi connectivity index (χ2n) is 5.61. The minimum Gasteiger partial charge on any atom is -0.348 e. The SMILES string of the molecule is CC(=O)Nc1cccc(CNC(=O)c2ccc3c(c2)NC(=O)CS3)c1. The number of amides is 3. The summed E-state index contributed by atoms with van der Waals surface area (Å²) in [4.78, 5) is 35.9. The van der Waals surface area contributed by atoms with E-state index < -0.39 is 0 Å². The minimum atomic E-state index is -0.224. The first-order chi connectivity index (χ1) is 12.0. The van der Waals surface area contributed by atoms with E-state index in [1.165, 1.54) is 18.7 Å². The zero-order valence-electron chi connectivity index (χ0n) is 13.6. The van der Waals surface area contributed by atoms with Crippen LogP contribution in [0.25, 0.3) is 0 Å². The molecule has 0 saturated heterocycles. The third-order valence-electron chi connectivity index (χ3n) is 3.58. The molecule has 1 heterocycles. The first-order valence-electron chi connectivity index (χ1n) is 7.73. The number of thioether (sulfide) groups is 1. The van der Waals surface area contributed by atoms with E-state index in [-0.39, 0.29) is 17.7 Å². The maximum Gasteiger partial charge on any atom is 0.251 e. The molecular formula is C18H17N3O3S. The van der Waals surface area contributed by atoms with Gasteiger partial charge in [0, 0.05) is 29.6 Å². The lowest BCUT2D eigenvalue weighted by Gasteiger charge is -2.17. The van der Waals surface area contributed by atoms with Crippen molar-refractivity contribution in [1.82, 2.24) is 5.32 Å². The Morgan fingerprint density at radius 2 is 2.04 bits per heavy atom. The summed E-state index contributed by atoms with van der Waals surface area (Å²) in [6.07, 6.45) is 0. The van der Waals surface area contributed by atoms with Crippen LogP contribution in [0.1, 0.15) is 22.8 Å². The molecule has 6 nitrogen and oxygen atoms in total. The molecule has 2 aromatic carbocycles. The van der Waals surface area contributed by atoms with Crippen molar-refractivity contribution in [2.75, 3.05) is 16.4 Å². The Kier molecular flexibility index (Phi) is 5.04. The van der Waals surface area contributed by atoms with Gasteiger partial charge in [-0.15, -0.1) is 11.8 Å². The van der Waals surface area contributed by atoms with Crippen LogP contribution in [0, 0.1) is 0 Å². The fourth-order valence-corrected chi connectivity index (χ4v) is 3.26. The van der Waals surface area contributed by atoms with Crippen LogP contribution in [-0.4, -0.2) is 23.5 Å². The first kappa shape index (κ1) is 17.0. The second kappa shape index (κ2) is 7.40. The van der Waals surface area contributed by atoms with Gasteiger partial charge < -0.3 is 16.0 Å². The molecule has 7 heteroatoms. The molecule has 1 aliphatic rings. The quantitative estimate of drug-likeness (QED) is 0.787. The molecule has 128 valence electrons. The van der Waals surface area contributed by atoms with Gasteiger partial charge in [0.2, 0.25) is 11.8 Å². The van der Waals surface area contributed by atoms with Crippen LogP contribution < -0.4 is 16.0 Å². The van der Waals surface area contributed by atoms with E-state index in [0.29, 0.717) is 29.2 Å². The fourth-order valence-electron chi connectivity index (χ4n) is 2.47. The summed E-state index contributed by atoms with van der Waals surface area (Å²) in [5.74, 6) is -0.0408. The van der Waals surface area contributed by atoms with Crippen molar-refractivity contribution < 1.29 is 14.4 Å². The normalized spacial score (nSPS) is 12.8. The first-order valence-corrected chi connectivity index (χ1v) is 8.71. The van der Waals surface area contributed by atoms with Gasteiger partial charge in [-0.2, -0.15) is 0 Å². The lowest BCUT2D eigenvalue weighted by Crippen LogP contribution is -2.24. The molecule has 0 aliphatic carbocycles. The van der Waals surface area contributed by atoms with Gasteiger partial charge in [-0.3, -0.25) is 14.4 Å². The number of fused-ring (bicyclic) bond motifs is 1. The summed E-state index contributed by atoms with van der Waals surface area (Å²) < 4.78 is 0. The van der Waals surface area contributed by atoms with Crippen LogP contribution >= 0.6 is 11.8 Å². The van der Waals surface area contributed by atoms with Crippen molar-refractivity contribution in [3.63, 3.8) is 0 Å². The molecule has 1 aliphatic heterocycles. The molecule has 0 spiro atoms. The van der Waals surface area contributed by atoms with E-state index in [9.17, 15) is 14.4 Å². The fraction of sp³-hybridized carbons (Fsp3) is 0.167. The molecule has 3 N–H and O–H groups in total. The van der Waals surface area contributed by atoms with Crippen molar-refractivity contribution in [1.29, 1.82) is 0 Å². The second-order valence-corrected chi connectivity index (χ2v) is 6.63. The van der Waals surface area contributed by atoms with E-state index in [2.05, 4.69) is 16.0 Å². The van der Waals surface area contributed by atoms with Crippen LogP contribution in [-0.2, 0) is 16.1 Å². The van der Waals surface area contributed by atoms with Gasteiger partial charge in [-0.1, -0.05) is 12.1 Å². The summed E-state index contributed by atoms with van der Waals surface area (Å²) >= 11 is 1.46. The highest BCUT2D eigenvalue weighted by molar-refractivity contribution is 8.00. The number of carbonyl (C=O) groups is 3. The van der Waals surface area contributed by atoms with Crippen LogP contribution in [0.4, 0.5) is 11.4 Å². The van der Waals surface area contributed by atoms with Crippen LogP contribution in [0.3, 0.4) is 0 Å². The Bertz CT molecular complexity index is 851. The average molecular weight is 355 g/mol.